The minimum Gasteiger partial charge on any atom is -0.378 e. The first-order valence-corrected chi connectivity index (χ1v) is 6.25. The van der Waals surface area contributed by atoms with Crippen LogP contribution in [0.25, 0.3) is 0 Å². The molecule has 1 aromatic rings. The van der Waals surface area contributed by atoms with Crippen LogP contribution in [0.1, 0.15) is 15.9 Å². The fourth-order valence-electron chi connectivity index (χ4n) is 1.41. The van der Waals surface area contributed by atoms with E-state index < -0.39 is 0 Å². The van der Waals surface area contributed by atoms with Gasteiger partial charge in [-0.1, -0.05) is 6.07 Å². The Balaban J connectivity index is 2.54. The van der Waals surface area contributed by atoms with E-state index in [1.807, 2.05) is 0 Å². The van der Waals surface area contributed by atoms with Crippen LogP contribution in [0.4, 0.5) is 4.39 Å². The highest BCUT2D eigenvalue weighted by Gasteiger charge is 2.12. The highest BCUT2D eigenvalue weighted by molar-refractivity contribution is 6.17. The Morgan fingerprint density at radius 2 is 2.17 bits per heavy atom. The number of alkyl halides is 1. The maximum atomic E-state index is 13.3. The molecule has 0 saturated carbocycles. The van der Waals surface area contributed by atoms with Gasteiger partial charge in [0.2, 0.25) is 0 Å². The average molecular weight is 274 g/mol. The molecule has 0 aliphatic heterocycles. The van der Waals surface area contributed by atoms with Gasteiger partial charge in [0.15, 0.2) is 0 Å². The molecule has 0 bridgehead atoms. The highest BCUT2D eigenvalue weighted by atomic mass is 35.5. The third-order valence-electron chi connectivity index (χ3n) is 2.56. The van der Waals surface area contributed by atoms with Gasteiger partial charge in [-0.25, -0.2) is 4.39 Å². The highest BCUT2D eigenvalue weighted by Crippen LogP contribution is 2.10. The van der Waals surface area contributed by atoms with Gasteiger partial charge in [-0.05, 0) is 24.6 Å². The Bertz CT molecular complexity index is 412. The summed E-state index contributed by atoms with van der Waals surface area (Å²) < 4.78 is 18.5. The summed E-state index contributed by atoms with van der Waals surface area (Å²) in [5.41, 5.74) is 0.873. The normalized spacial score (nSPS) is 10.4. The standard InChI is InChI=1S/C13H17ClFNO2/c1-10-3-4-11(9-12(10)15)13(17)16(2)6-8-18-7-5-14/h3-4,9H,5-8H2,1-2H3. The predicted octanol–water partition coefficient (Wildman–Crippen LogP) is 2.46. The fraction of sp³-hybridized carbons (Fsp3) is 0.462. The van der Waals surface area contributed by atoms with E-state index in [2.05, 4.69) is 0 Å². The molecule has 0 fully saturated rings. The van der Waals surface area contributed by atoms with E-state index in [0.717, 1.165) is 0 Å². The minimum absolute atomic E-state index is 0.219. The number of hydrogen-bond acceptors (Lipinski definition) is 2. The van der Waals surface area contributed by atoms with E-state index in [0.29, 0.717) is 36.8 Å². The van der Waals surface area contributed by atoms with Gasteiger partial charge in [-0.15, -0.1) is 11.6 Å². The smallest absolute Gasteiger partial charge is 0.253 e. The SMILES string of the molecule is Cc1ccc(C(=O)N(C)CCOCCCl)cc1F. The third-order valence-corrected chi connectivity index (χ3v) is 2.71. The maximum absolute atomic E-state index is 13.3. The molecular weight excluding hydrogens is 257 g/mol. The molecule has 1 rings (SSSR count). The van der Waals surface area contributed by atoms with E-state index in [4.69, 9.17) is 16.3 Å². The molecule has 0 spiro atoms. The Labute approximate surface area is 111 Å². The number of nitrogens with zero attached hydrogens (tertiary/aromatic N) is 1. The van der Waals surface area contributed by atoms with Crippen molar-refractivity contribution < 1.29 is 13.9 Å². The lowest BCUT2D eigenvalue weighted by Gasteiger charge is -2.17. The number of aryl methyl sites for hydroxylation is 1. The van der Waals surface area contributed by atoms with Gasteiger partial charge in [0.1, 0.15) is 5.82 Å². The fourth-order valence-corrected chi connectivity index (χ4v) is 1.52. The van der Waals surface area contributed by atoms with Crippen LogP contribution in [0.15, 0.2) is 18.2 Å². The van der Waals surface area contributed by atoms with Crippen molar-refractivity contribution in [1.82, 2.24) is 4.90 Å². The van der Waals surface area contributed by atoms with Crippen molar-refractivity contribution in [2.45, 2.75) is 6.92 Å². The summed E-state index contributed by atoms with van der Waals surface area (Å²) in [5.74, 6) is -0.156. The van der Waals surface area contributed by atoms with Gasteiger partial charge >= 0.3 is 0 Å². The Morgan fingerprint density at radius 1 is 1.44 bits per heavy atom. The van der Waals surface area contributed by atoms with Gasteiger partial charge in [0.05, 0.1) is 13.2 Å². The molecule has 3 nitrogen and oxygen atoms in total. The number of halogens is 2. The number of carbonyl (C=O) groups is 1. The molecule has 5 heteroatoms. The van der Waals surface area contributed by atoms with E-state index >= 15 is 0 Å². The molecule has 0 heterocycles. The monoisotopic (exact) mass is 273 g/mol. The van der Waals surface area contributed by atoms with Crippen molar-refractivity contribution in [2.24, 2.45) is 0 Å². The van der Waals surface area contributed by atoms with Crippen LogP contribution >= 0.6 is 11.6 Å². The number of likely N-dealkylation sites (N-methyl/N-ethyl adjacent to an activating group) is 1. The molecule has 0 aliphatic carbocycles. The van der Waals surface area contributed by atoms with E-state index in [9.17, 15) is 9.18 Å². The molecule has 18 heavy (non-hydrogen) atoms. The molecule has 0 aliphatic rings. The van der Waals surface area contributed by atoms with Gasteiger partial charge in [0.25, 0.3) is 5.91 Å². The van der Waals surface area contributed by atoms with Gasteiger partial charge < -0.3 is 9.64 Å². The van der Waals surface area contributed by atoms with Crippen LogP contribution in [0.5, 0.6) is 0 Å². The molecule has 100 valence electrons. The summed E-state index contributed by atoms with van der Waals surface area (Å²) in [4.78, 5) is 13.4. The molecule has 0 saturated heterocycles. The zero-order valence-electron chi connectivity index (χ0n) is 10.6. The van der Waals surface area contributed by atoms with Crippen molar-refractivity contribution in [3.05, 3.63) is 35.1 Å². The first-order valence-electron chi connectivity index (χ1n) is 5.71. The number of ether oxygens (including phenoxy) is 1. The Kier molecular flexibility index (Phi) is 6.09. The lowest BCUT2D eigenvalue weighted by atomic mass is 10.1. The lowest BCUT2D eigenvalue weighted by Crippen LogP contribution is -2.30. The number of hydrogen-bond donors (Lipinski definition) is 0. The Hall–Kier alpha value is -1.13. The number of rotatable bonds is 6. The van der Waals surface area contributed by atoms with Crippen LogP contribution in [-0.4, -0.2) is 43.5 Å². The van der Waals surface area contributed by atoms with Crippen LogP contribution in [0.3, 0.4) is 0 Å². The van der Waals surface area contributed by atoms with Crippen LogP contribution in [0, 0.1) is 12.7 Å². The van der Waals surface area contributed by atoms with E-state index in [1.165, 1.54) is 11.0 Å². The van der Waals surface area contributed by atoms with Crippen molar-refractivity contribution in [3.63, 3.8) is 0 Å². The average Bonchev–Trinajstić information content (AvgIpc) is 2.37. The van der Waals surface area contributed by atoms with Crippen molar-refractivity contribution in [1.29, 1.82) is 0 Å². The molecule has 0 aromatic heterocycles. The van der Waals surface area contributed by atoms with Crippen LogP contribution in [0.2, 0.25) is 0 Å². The summed E-state index contributed by atoms with van der Waals surface area (Å²) in [7, 11) is 1.66. The lowest BCUT2D eigenvalue weighted by molar-refractivity contribution is 0.0711. The predicted molar refractivity (Wildman–Crippen MR) is 69.6 cm³/mol. The summed E-state index contributed by atoms with van der Waals surface area (Å²) in [6.07, 6.45) is 0. The molecule has 0 atom stereocenters. The zero-order valence-corrected chi connectivity index (χ0v) is 11.3. The van der Waals surface area contributed by atoms with Gasteiger partial charge in [-0.3, -0.25) is 4.79 Å². The summed E-state index contributed by atoms with van der Waals surface area (Å²) in [5, 5.41) is 0. The van der Waals surface area contributed by atoms with Gasteiger partial charge in [-0.2, -0.15) is 0 Å². The zero-order chi connectivity index (χ0) is 13.5. The summed E-state index contributed by atoms with van der Waals surface area (Å²) in [6, 6.07) is 4.48. The molecule has 0 unspecified atom stereocenters. The van der Waals surface area contributed by atoms with Crippen molar-refractivity contribution >= 4 is 17.5 Å². The number of amides is 1. The van der Waals surface area contributed by atoms with E-state index in [1.54, 1.807) is 26.1 Å². The second-order valence-electron chi connectivity index (χ2n) is 3.99. The molecule has 1 aromatic carbocycles. The van der Waals surface area contributed by atoms with Crippen molar-refractivity contribution in [3.8, 4) is 0 Å². The number of carbonyl (C=O) groups excluding carboxylic acids is 1. The molecular formula is C13H17ClFNO2. The second-order valence-corrected chi connectivity index (χ2v) is 4.37. The van der Waals surface area contributed by atoms with Crippen LogP contribution in [-0.2, 0) is 4.74 Å². The third kappa shape index (κ3) is 4.27. The van der Waals surface area contributed by atoms with Gasteiger partial charge in [0, 0.05) is 25.0 Å². The largest absolute Gasteiger partial charge is 0.378 e. The number of benzene rings is 1. The first-order chi connectivity index (χ1) is 8.56. The first kappa shape index (κ1) is 14.9. The molecule has 0 radical (unpaired) electrons. The van der Waals surface area contributed by atoms with E-state index in [-0.39, 0.29) is 11.7 Å². The molecule has 0 N–H and O–H groups in total. The maximum Gasteiger partial charge on any atom is 0.253 e. The Morgan fingerprint density at radius 3 is 2.78 bits per heavy atom. The quantitative estimate of drug-likeness (QED) is 0.589. The minimum atomic E-state index is -0.368. The van der Waals surface area contributed by atoms with Crippen molar-refractivity contribution in [2.75, 3.05) is 32.7 Å². The van der Waals surface area contributed by atoms with Crippen LogP contribution < -0.4 is 0 Å². The summed E-state index contributed by atoms with van der Waals surface area (Å²) >= 11 is 5.46. The second kappa shape index (κ2) is 7.34. The topological polar surface area (TPSA) is 29.5 Å². The summed E-state index contributed by atoms with van der Waals surface area (Å²) in [6.45, 7) is 2.99. The molecule has 1 amide bonds.